The molecule has 1 rings (SSSR count). The maximum Gasteiger partial charge on any atom is 0.148 e. The van der Waals surface area contributed by atoms with Crippen LogP contribution in [0, 0.1) is 19.3 Å². The van der Waals surface area contributed by atoms with Crippen molar-refractivity contribution in [3.63, 3.8) is 0 Å². The minimum absolute atomic E-state index is 0.231. The molecule has 0 amide bonds. The molecule has 16 heavy (non-hydrogen) atoms. The van der Waals surface area contributed by atoms with E-state index in [-0.39, 0.29) is 5.41 Å². The Bertz CT molecular complexity index is 388. The predicted molar refractivity (Wildman–Crippen MR) is 71.1 cm³/mol. The number of carbonyl (C=O) groups is 1. The fraction of sp³-hybridized carbons (Fsp3) is 0.500. The van der Waals surface area contributed by atoms with Gasteiger partial charge in [0.15, 0.2) is 0 Å². The second kappa shape index (κ2) is 5.05. The Balaban J connectivity index is 2.65. The highest BCUT2D eigenvalue weighted by molar-refractivity contribution is 8.00. The van der Waals surface area contributed by atoms with E-state index in [4.69, 9.17) is 0 Å². The Morgan fingerprint density at radius 3 is 2.38 bits per heavy atom. The van der Waals surface area contributed by atoms with E-state index in [9.17, 15) is 4.79 Å². The van der Waals surface area contributed by atoms with Crippen molar-refractivity contribution in [2.75, 3.05) is 5.75 Å². The van der Waals surface area contributed by atoms with Crippen molar-refractivity contribution in [2.45, 2.75) is 39.5 Å². The Hall–Kier alpha value is -0.760. The molecule has 1 aromatic rings. The van der Waals surface area contributed by atoms with Crippen LogP contribution < -0.4 is 0 Å². The number of hydrogen-bond acceptors (Lipinski definition) is 2. The highest BCUT2D eigenvalue weighted by atomic mass is 32.2. The highest BCUT2D eigenvalue weighted by Crippen LogP contribution is 2.26. The monoisotopic (exact) mass is 236 g/mol. The molecule has 0 fully saturated rings. The van der Waals surface area contributed by atoms with Gasteiger partial charge in [-0.15, -0.1) is 11.8 Å². The number of thioether (sulfide) groups is 1. The van der Waals surface area contributed by atoms with Crippen LogP contribution in [-0.4, -0.2) is 11.5 Å². The molecular formula is C14H20OS. The summed E-state index contributed by atoms with van der Waals surface area (Å²) in [6.07, 6.45) is 0. The summed E-state index contributed by atoms with van der Waals surface area (Å²) >= 11 is 1.64. The Morgan fingerprint density at radius 1 is 1.25 bits per heavy atom. The normalized spacial score (nSPS) is 11.6. The van der Waals surface area contributed by atoms with Crippen LogP contribution in [0.1, 0.15) is 31.9 Å². The fourth-order valence-electron chi connectivity index (χ4n) is 1.32. The van der Waals surface area contributed by atoms with Gasteiger partial charge in [0, 0.05) is 10.3 Å². The Kier molecular flexibility index (Phi) is 4.20. The van der Waals surface area contributed by atoms with E-state index in [1.165, 1.54) is 16.0 Å². The summed E-state index contributed by atoms with van der Waals surface area (Å²) in [4.78, 5) is 13.0. The molecule has 88 valence electrons. The van der Waals surface area contributed by atoms with Crippen LogP contribution in [-0.2, 0) is 4.79 Å². The zero-order chi connectivity index (χ0) is 12.3. The van der Waals surface area contributed by atoms with Crippen LogP contribution in [0.3, 0.4) is 0 Å². The number of Topliss-reactive ketones (excluding diaryl/α,β-unsaturated/α-hetero) is 1. The van der Waals surface area contributed by atoms with Gasteiger partial charge >= 0.3 is 0 Å². The first-order valence-electron chi connectivity index (χ1n) is 5.54. The molecule has 0 N–H and O–H groups in total. The summed E-state index contributed by atoms with van der Waals surface area (Å²) in [6.45, 7) is 10.1. The van der Waals surface area contributed by atoms with E-state index in [1.807, 2.05) is 20.8 Å². The number of hydrogen-bond donors (Lipinski definition) is 0. The van der Waals surface area contributed by atoms with Crippen molar-refractivity contribution in [3.8, 4) is 0 Å². The van der Waals surface area contributed by atoms with Crippen LogP contribution in [0.2, 0.25) is 0 Å². The van der Waals surface area contributed by atoms with Crippen molar-refractivity contribution in [2.24, 2.45) is 5.41 Å². The summed E-state index contributed by atoms with van der Waals surface area (Å²) in [5, 5.41) is 0. The molecule has 0 aliphatic carbocycles. The van der Waals surface area contributed by atoms with Crippen LogP contribution in [0.5, 0.6) is 0 Å². The average Bonchev–Trinajstić information content (AvgIpc) is 2.14. The third-order valence-corrected chi connectivity index (χ3v) is 3.70. The molecule has 0 radical (unpaired) electrons. The molecule has 2 heteroatoms. The van der Waals surface area contributed by atoms with Crippen LogP contribution in [0.25, 0.3) is 0 Å². The van der Waals surface area contributed by atoms with Crippen molar-refractivity contribution in [3.05, 3.63) is 29.3 Å². The molecule has 0 aliphatic rings. The second-order valence-electron chi connectivity index (χ2n) is 5.23. The maximum atomic E-state index is 11.8. The lowest BCUT2D eigenvalue weighted by atomic mass is 9.92. The largest absolute Gasteiger partial charge is 0.298 e. The van der Waals surface area contributed by atoms with Gasteiger partial charge in [0.2, 0.25) is 0 Å². The molecule has 0 aliphatic heterocycles. The molecule has 0 saturated carbocycles. The van der Waals surface area contributed by atoms with E-state index in [2.05, 4.69) is 32.0 Å². The van der Waals surface area contributed by atoms with Gasteiger partial charge in [-0.2, -0.15) is 0 Å². The van der Waals surface area contributed by atoms with Crippen LogP contribution in [0.15, 0.2) is 23.1 Å². The summed E-state index contributed by atoms with van der Waals surface area (Å²) < 4.78 is 0. The first-order valence-corrected chi connectivity index (χ1v) is 6.52. The summed E-state index contributed by atoms with van der Waals surface area (Å²) in [5.41, 5.74) is 2.29. The van der Waals surface area contributed by atoms with Crippen molar-refractivity contribution < 1.29 is 4.79 Å². The molecule has 0 unspecified atom stereocenters. The predicted octanol–water partition coefficient (Wildman–Crippen LogP) is 4.01. The van der Waals surface area contributed by atoms with Gasteiger partial charge in [0.25, 0.3) is 0 Å². The van der Waals surface area contributed by atoms with Gasteiger partial charge in [-0.05, 0) is 25.5 Å². The smallest absolute Gasteiger partial charge is 0.148 e. The molecule has 0 saturated heterocycles. The molecule has 0 aromatic heterocycles. The van der Waals surface area contributed by atoms with Gasteiger partial charge < -0.3 is 0 Å². The SMILES string of the molecule is Cc1ccc(SCC(=O)C(C)(C)C)c(C)c1. The lowest BCUT2D eigenvalue weighted by Crippen LogP contribution is -2.21. The standard InChI is InChI=1S/C14H20OS/c1-10-6-7-12(11(2)8-10)16-9-13(15)14(3,4)5/h6-8H,9H2,1-5H3. The molecule has 1 nitrogen and oxygen atoms in total. The third-order valence-electron chi connectivity index (χ3n) is 2.53. The summed E-state index contributed by atoms with van der Waals surface area (Å²) in [5.74, 6) is 0.866. The molecule has 0 spiro atoms. The quantitative estimate of drug-likeness (QED) is 0.738. The number of benzene rings is 1. The van der Waals surface area contributed by atoms with E-state index < -0.39 is 0 Å². The van der Waals surface area contributed by atoms with Crippen LogP contribution in [0.4, 0.5) is 0 Å². The highest BCUT2D eigenvalue weighted by Gasteiger charge is 2.20. The number of carbonyl (C=O) groups excluding carboxylic acids is 1. The Labute approximate surface area is 103 Å². The van der Waals surface area contributed by atoms with Gasteiger partial charge in [-0.3, -0.25) is 4.79 Å². The van der Waals surface area contributed by atoms with E-state index in [0.717, 1.165) is 0 Å². The number of aryl methyl sites for hydroxylation is 2. The summed E-state index contributed by atoms with van der Waals surface area (Å²) in [6, 6.07) is 6.35. The Morgan fingerprint density at radius 2 is 1.88 bits per heavy atom. The first kappa shape index (κ1) is 13.3. The van der Waals surface area contributed by atoms with Crippen LogP contribution >= 0.6 is 11.8 Å². The number of ketones is 1. The zero-order valence-electron chi connectivity index (χ0n) is 10.8. The average molecular weight is 236 g/mol. The van der Waals surface area contributed by atoms with E-state index in [0.29, 0.717) is 11.5 Å². The van der Waals surface area contributed by atoms with Crippen molar-refractivity contribution >= 4 is 17.5 Å². The topological polar surface area (TPSA) is 17.1 Å². The fourth-order valence-corrected chi connectivity index (χ4v) is 2.49. The lowest BCUT2D eigenvalue weighted by Gasteiger charge is -2.16. The van der Waals surface area contributed by atoms with Crippen molar-refractivity contribution in [1.82, 2.24) is 0 Å². The third kappa shape index (κ3) is 3.67. The van der Waals surface area contributed by atoms with Gasteiger partial charge in [-0.1, -0.05) is 38.5 Å². The van der Waals surface area contributed by atoms with E-state index >= 15 is 0 Å². The molecule has 1 aromatic carbocycles. The molecule has 0 heterocycles. The summed E-state index contributed by atoms with van der Waals surface area (Å²) in [7, 11) is 0. The maximum absolute atomic E-state index is 11.8. The zero-order valence-corrected chi connectivity index (χ0v) is 11.6. The van der Waals surface area contributed by atoms with E-state index in [1.54, 1.807) is 11.8 Å². The minimum atomic E-state index is -0.231. The minimum Gasteiger partial charge on any atom is -0.298 e. The first-order chi connectivity index (χ1) is 7.30. The lowest BCUT2D eigenvalue weighted by molar-refractivity contribution is -0.123. The van der Waals surface area contributed by atoms with Gasteiger partial charge in [0.05, 0.1) is 5.75 Å². The number of rotatable bonds is 3. The molecule has 0 bridgehead atoms. The second-order valence-corrected chi connectivity index (χ2v) is 6.25. The van der Waals surface area contributed by atoms with Gasteiger partial charge in [-0.25, -0.2) is 0 Å². The van der Waals surface area contributed by atoms with Gasteiger partial charge in [0.1, 0.15) is 5.78 Å². The molecule has 0 atom stereocenters. The van der Waals surface area contributed by atoms with Crippen molar-refractivity contribution in [1.29, 1.82) is 0 Å². The molecular weight excluding hydrogens is 216 g/mol.